The predicted octanol–water partition coefficient (Wildman–Crippen LogP) is 2.13. The van der Waals surface area contributed by atoms with E-state index in [1.807, 2.05) is 6.08 Å². The number of unbranched alkanes of at least 4 members (excludes halogenated alkanes) is 1. The number of hydrogen-bond acceptors (Lipinski definition) is 2. The molecule has 0 unspecified atom stereocenters. The van der Waals surface area contributed by atoms with Crippen molar-refractivity contribution in [3.05, 3.63) is 25.5 Å². The van der Waals surface area contributed by atoms with Crippen LogP contribution in [0.25, 0.3) is 0 Å². The van der Waals surface area contributed by atoms with Gasteiger partial charge in [0, 0.05) is 6.61 Å². The van der Waals surface area contributed by atoms with Crippen molar-refractivity contribution in [2.45, 2.75) is 12.8 Å². The zero-order valence-electron chi connectivity index (χ0n) is 6.92. The molecule has 2 nitrogen and oxygen atoms in total. The highest BCUT2D eigenvalue weighted by Crippen LogP contribution is 1.89. The van der Waals surface area contributed by atoms with Crippen molar-refractivity contribution in [3.63, 3.8) is 0 Å². The molecule has 0 rings (SSSR count). The maximum absolute atomic E-state index is 5.22. The highest BCUT2D eigenvalue weighted by molar-refractivity contribution is 4.64. The molecule has 0 bridgehead atoms. The lowest BCUT2D eigenvalue weighted by molar-refractivity contribution is 0.0841. The molecule has 0 aromatic carbocycles. The summed E-state index contributed by atoms with van der Waals surface area (Å²) in [7, 11) is 0. The molecule has 0 N–H and O–H groups in total. The van der Waals surface area contributed by atoms with Gasteiger partial charge in [0.1, 0.15) is 6.61 Å². The lowest BCUT2D eigenvalue weighted by Crippen LogP contribution is -2.02. The molecule has 0 saturated heterocycles. The molecule has 0 aliphatic heterocycles. The normalized spacial score (nSPS) is 9.09. The van der Waals surface area contributed by atoms with Crippen LogP contribution in [-0.2, 0) is 9.47 Å². The minimum atomic E-state index is 0.595. The van der Waals surface area contributed by atoms with Crippen molar-refractivity contribution in [2.75, 3.05) is 19.8 Å². The Labute approximate surface area is 68.5 Å². The molecule has 0 spiro atoms. The van der Waals surface area contributed by atoms with E-state index in [9.17, 15) is 0 Å². The van der Waals surface area contributed by atoms with Crippen LogP contribution < -0.4 is 0 Å². The Bertz CT molecular complexity index is 87.7. The Kier molecular flexibility index (Phi) is 8.60. The SMILES string of the molecule is C=CCCCOCCOC=C. The number of ether oxygens (including phenoxy) is 2. The predicted molar refractivity (Wildman–Crippen MR) is 46.4 cm³/mol. The quantitative estimate of drug-likeness (QED) is 0.304. The minimum Gasteiger partial charge on any atom is -0.499 e. The second kappa shape index (κ2) is 9.24. The summed E-state index contributed by atoms with van der Waals surface area (Å²) in [5.74, 6) is 0. The third-order valence-corrected chi connectivity index (χ3v) is 1.16. The van der Waals surface area contributed by atoms with Gasteiger partial charge in [-0.05, 0) is 12.8 Å². The fourth-order valence-corrected chi connectivity index (χ4v) is 0.622. The van der Waals surface area contributed by atoms with Crippen LogP contribution in [0, 0.1) is 0 Å². The zero-order valence-corrected chi connectivity index (χ0v) is 6.92. The van der Waals surface area contributed by atoms with Crippen LogP contribution in [0.2, 0.25) is 0 Å². The van der Waals surface area contributed by atoms with Gasteiger partial charge >= 0.3 is 0 Å². The topological polar surface area (TPSA) is 18.5 Å². The molecule has 11 heavy (non-hydrogen) atoms. The minimum absolute atomic E-state index is 0.595. The molecule has 0 radical (unpaired) electrons. The van der Waals surface area contributed by atoms with Gasteiger partial charge in [-0.1, -0.05) is 12.7 Å². The van der Waals surface area contributed by atoms with E-state index in [0.717, 1.165) is 19.4 Å². The highest BCUT2D eigenvalue weighted by Gasteiger charge is 1.86. The largest absolute Gasteiger partial charge is 0.499 e. The first-order valence-corrected chi connectivity index (χ1v) is 3.83. The molecule has 0 amide bonds. The van der Waals surface area contributed by atoms with E-state index in [1.54, 1.807) is 0 Å². The van der Waals surface area contributed by atoms with E-state index in [0.29, 0.717) is 13.2 Å². The summed E-state index contributed by atoms with van der Waals surface area (Å²) >= 11 is 0. The Balaban J connectivity index is 2.79. The molecule has 0 aliphatic carbocycles. The third-order valence-electron chi connectivity index (χ3n) is 1.16. The summed E-state index contributed by atoms with van der Waals surface area (Å²) in [6.07, 6.45) is 5.37. The average Bonchev–Trinajstić information content (AvgIpc) is 2.03. The Morgan fingerprint density at radius 2 is 1.91 bits per heavy atom. The monoisotopic (exact) mass is 156 g/mol. The van der Waals surface area contributed by atoms with Crippen molar-refractivity contribution in [3.8, 4) is 0 Å². The van der Waals surface area contributed by atoms with Crippen molar-refractivity contribution in [1.29, 1.82) is 0 Å². The standard InChI is InChI=1S/C9H16O2/c1-3-5-6-7-11-9-8-10-4-2/h3-4H,1-2,5-9H2. The van der Waals surface area contributed by atoms with Gasteiger partial charge in [-0.15, -0.1) is 6.58 Å². The van der Waals surface area contributed by atoms with Gasteiger partial charge in [0.05, 0.1) is 12.9 Å². The van der Waals surface area contributed by atoms with E-state index < -0.39 is 0 Å². The van der Waals surface area contributed by atoms with Crippen LogP contribution in [0.15, 0.2) is 25.5 Å². The first kappa shape index (κ1) is 10.2. The zero-order chi connectivity index (χ0) is 8.36. The summed E-state index contributed by atoms with van der Waals surface area (Å²) < 4.78 is 10.1. The lowest BCUT2D eigenvalue weighted by atomic mass is 10.3. The summed E-state index contributed by atoms with van der Waals surface area (Å²) in [5, 5.41) is 0. The first-order chi connectivity index (χ1) is 5.41. The fraction of sp³-hybridized carbons (Fsp3) is 0.556. The number of rotatable bonds is 8. The summed E-state index contributed by atoms with van der Waals surface area (Å²) in [6, 6.07) is 0. The summed E-state index contributed by atoms with van der Waals surface area (Å²) in [6.45, 7) is 9.05. The Morgan fingerprint density at radius 1 is 1.09 bits per heavy atom. The van der Waals surface area contributed by atoms with Gasteiger partial charge < -0.3 is 9.47 Å². The van der Waals surface area contributed by atoms with Gasteiger partial charge in [0.2, 0.25) is 0 Å². The third kappa shape index (κ3) is 9.24. The van der Waals surface area contributed by atoms with Gasteiger partial charge in [0.25, 0.3) is 0 Å². The van der Waals surface area contributed by atoms with Gasteiger partial charge in [-0.2, -0.15) is 0 Å². The van der Waals surface area contributed by atoms with Crippen LogP contribution >= 0.6 is 0 Å². The van der Waals surface area contributed by atoms with Gasteiger partial charge in [-0.25, -0.2) is 0 Å². The van der Waals surface area contributed by atoms with Crippen LogP contribution in [0.1, 0.15) is 12.8 Å². The molecular formula is C9H16O2. The molecule has 0 aliphatic rings. The molecule has 0 atom stereocenters. The molecule has 0 aromatic heterocycles. The maximum atomic E-state index is 5.22. The van der Waals surface area contributed by atoms with Crippen LogP contribution in [0.3, 0.4) is 0 Å². The van der Waals surface area contributed by atoms with Crippen molar-refractivity contribution < 1.29 is 9.47 Å². The van der Waals surface area contributed by atoms with Crippen LogP contribution in [-0.4, -0.2) is 19.8 Å². The van der Waals surface area contributed by atoms with Crippen LogP contribution in [0.5, 0.6) is 0 Å². The van der Waals surface area contributed by atoms with Crippen LogP contribution in [0.4, 0.5) is 0 Å². The molecule has 2 heteroatoms. The summed E-state index contributed by atoms with van der Waals surface area (Å²) in [4.78, 5) is 0. The average molecular weight is 156 g/mol. The van der Waals surface area contributed by atoms with E-state index >= 15 is 0 Å². The van der Waals surface area contributed by atoms with E-state index in [2.05, 4.69) is 13.2 Å². The van der Waals surface area contributed by atoms with Crippen molar-refractivity contribution in [2.24, 2.45) is 0 Å². The van der Waals surface area contributed by atoms with Gasteiger partial charge in [-0.3, -0.25) is 0 Å². The molecule has 0 saturated carbocycles. The molecule has 64 valence electrons. The Hall–Kier alpha value is -0.760. The highest BCUT2D eigenvalue weighted by atomic mass is 16.5. The second-order valence-electron chi connectivity index (χ2n) is 2.08. The second-order valence-corrected chi connectivity index (χ2v) is 2.08. The molecule has 0 heterocycles. The van der Waals surface area contributed by atoms with Crippen molar-refractivity contribution >= 4 is 0 Å². The maximum Gasteiger partial charge on any atom is 0.111 e. The Morgan fingerprint density at radius 3 is 2.55 bits per heavy atom. The first-order valence-electron chi connectivity index (χ1n) is 3.83. The van der Waals surface area contributed by atoms with Gasteiger partial charge in [0.15, 0.2) is 0 Å². The van der Waals surface area contributed by atoms with Crippen molar-refractivity contribution in [1.82, 2.24) is 0 Å². The molecule has 0 aromatic rings. The lowest BCUT2D eigenvalue weighted by Gasteiger charge is -2.01. The fourth-order valence-electron chi connectivity index (χ4n) is 0.622. The smallest absolute Gasteiger partial charge is 0.111 e. The van der Waals surface area contributed by atoms with E-state index in [4.69, 9.17) is 9.47 Å². The number of allylic oxidation sites excluding steroid dienone is 1. The molecular weight excluding hydrogens is 140 g/mol. The number of hydrogen-bond donors (Lipinski definition) is 0. The molecule has 0 fully saturated rings. The van der Waals surface area contributed by atoms with E-state index in [-0.39, 0.29) is 0 Å². The van der Waals surface area contributed by atoms with E-state index in [1.165, 1.54) is 6.26 Å². The summed E-state index contributed by atoms with van der Waals surface area (Å²) in [5.41, 5.74) is 0.